The number of aromatic nitrogens is 1. The molecule has 1 atom stereocenters. The summed E-state index contributed by atoms with van der Waals surface area (Å²) in [5.41, 5.74) is 1.60. The Balaban J connectivity index is 2.19. The molecule has 0 radical (unpaired) electrons. The second-order valence-corrected chi connectivity index (χ2v) is 7.51. The first-order chi connectivity index (χ1) is 9.38. The van der Waals surface area contributed by atoms with Crippen LogP contribution in [0.3, 0.4) is 0 Å². The highest BCUT2D eigenvalue weighted by atomic mass is 79.9. The fraction of sp³-hybridized carbons (Fsp3) is 0.286. The van der Waals surface area contributed by atoms with Gasteiger partial charge in [-0.05, 0) is 54.9 Å². The number of carbonyl (C=O) groups is 1. The largest absolute Gasteiger partial charge is 0.345 e. The summed E-state index contributed by atoms with van der Waals surface area (Å²) >= 11 is 8.41. The molecule has 0 saturated heterocycles. The van der Waals surface area contributed by atoms with Gasteiger partial charge in [-0.25, -0.2) is 4.98 Å². The molecule has 0 aliphatic rings. The van der Waals surface area contributed by atoms with Gasteiger partial charge >= 0.3 is 0 Å². The summed E-state index contributed by atoms with van der Waals surface area (Å²) in [4.78, 5) is 17.8. The van der Waals surface area contributed by atoms with Crippen LogP contribution in [0.25, 0.3) is 0 Å². The summed E-state index contributed by atoms with van der Waals surface area (Å²) in [6.07, 6.45) is 0. The standard InChI is InChI=1S/C14H14Br2N2OS/c1-7-13(20-9(3)17-7)8(2)18-14(19)11-6-10(15)4-5-12(11)16/h4-6,8H,1-3H3,(H,18,19). The van der Waals surface area contributed by atoms with E-state index >= 15 is 0 Å². The van der Waals surface area contributed by atoms with E-state index in [2.05, 4.69) is 42.2 Å². The third-order valence-electron chi connectivity index (χ3n) is 2.85. The quantitative estimate of drug-likeness (QED) is 0.780. The highest BCUT2D eigenvalue weighted by Crippen LogP contribution is 2.26. The number of carbonyl (C=O) groups excluding carboxylic acids is 1. The predicted molar refractivity (Wildman–Crippen MR) is 89.3 cm³/mol. The minimum Gasteiger partial charge on any atom is -0.345 e. The van der Waals surface area contributed by atoms with E-state index in [9.17, 15) is 4.79 Å². The molecule has 1 heterocycles. The first kappa shape index (κ1) is 15.7. The van der Waals surface area contributed by atoms with Crippen LogP contribution < -0.4 is 5.32 Å². The van der Waals surface area contributed by atoms with Gasteiger partial charge in [-0.2, -0.15) is 0 Å². The molecule has 0 spiro atoms. The average molecular weight is 418 g/mol. The number of halogens is 2. The number of amides is 1. The maximum Gasteiger partial charge on any atom is 0.252 e. The fourth-order valence-electron chi connectivity index (χ4n) is 1.96. The molecule has 0 bridgehead atoms. The molecule has 6 heteroatoms. The topological polar surface area (TPSA) is 42.0 Å². The van der Waals surface area contributed by atoms with Gasteiger partial charge in [-0.3, -0.25) is 4.79 Å². The first-order valence-corrected chi connectivity index (χ1v) is 8.48. The molecule has 0 fully saturated rings. The van der Waals surface area contributed by atoms with Crippen molar-refractivity contribution >= 4 is 49.1 Å². The van der Waals surface area contributed by atoms with Gasteiger partial charge in [-0.15, -0.1) is 11.3 Å². The molecule has 1 aromatic carbocycles. The summed E-state index contributed by atoms with van der Waals surface area (Å²) in [6, 6.07) is 5.49. The number of rotatable bonds is 3. The molecule has 1 unspecified atom stereocenters. The van der Waals surface area contributed by atoms with Crippen LogP contribution in [0, 0.1) is 13.8 Å². The van der Waals surface area contributed by atoms with Crippen LogP contribution >= 0.6 is 43.2 Å². The first-order valence-electron chi connectivity index (χ1n) is 6.08. The Hall–Kier alpha value is -0.720. The van der Waals surface area contributed by atoms with Gasteiger partial charge in [0.1, 0.15) is 0 Å². The van der Waals surface area contributed by atoms with Crippen LogP contribution in [-0.4, -0.2) is 10.9 Å². The minimum absolute atomic E-state index is 0.0559. The van der Waals surface area contributed by atoms with E-state index < -0.39 is 0 Å². The zero-order valence-corrected chi connectivity index (χ0v) is 15.3. The number of aryl methyl sites for hydroxylation is 2. The Morgan fingerprint density at radius 2 is 2.05 bits per heavy atom. The lowest BCUT2D eigenvalue weighted by Gasteiger charge is -2.14. The lowest BCUT2D eigenvalue weighted by atomic mass is 10.2. The lowest BCUT2D eigenvalue weighted by molar-refractivity contribution is 0.0939. The van der Waals surface area contributed by atoms with Gasteiger partial charge < -0.3 is 5.32 Å². The van der Waals surface area contributed by atoms with E-state index in [0.717, 1.165) is 24.5 Å². The third-order valence-corrected chi connectivity index (χ3v) is 5.29. The number of nitrogens with zero attached hydrogens (tertiary/aromatic N) is 1. The number of hydrogen-bond acceptors (Lipinski definition) is 3. The average Bonchev–Trinajstić information content (AvgIpc) is 2.71. The lowest BCUT2D eigenvalue weighted by Crippen LogP contribution is -2.26. The molecule has 2 rings (SSSR count). The van der Waals surface area contributed by atoms with Crippen LogP contribution in [-0.2, 0) is 0 Å². The van der Waals surface area contributed by atoms with Gasteiger partial charge in [0.25, 0.3) is 5.91 Å². The van der Waals surface area contributed by atoms with E-state index in [1.807, 2.05) is 32.9 Å². The van der Waals surface area contributed by atoms with Crippen molar-refractivity contribution in [2.45, 2.75) is 26.8 Å². The molecule has 1 aromatic heterocycles. The summed E-state index contributed by atoms with van der Waals surface area (Å²) in [7, 11) is 0. The van der Waals surface area contributed by atoms with Crippen LogP contribution in [0.5, 0.6) is 0 Å². The maximum absolute atomic E-state index is 12.3. The van der Waals surface area contributed by atoms with Crippen molar-refractivity contribution in [3.8, 4) is 0 Å². The maximum atomic E-state index is 12.3. The summed E-state index contributed by atoms with van der Waals surface area (Å²) in [5, 5.41) is 4.03. The van der Waals surface area contributed by atoms with E-state index in [0.29, 0.717) is 5.56 Å². The Kier molecular flexibility index (Phi) is 4.99. The van der Waals surface area contributed by atoms with Crippen molar-refractivity contribution in [2.75, 3.05) is 0 Å². The number of hydrogen-bond donors (Lipinski definition) is 1. The fourth-order valence-corrected chi connectivity index (χ4v) is 3.68. The van der Waals surface area contributed by atoms with Crippen molar-refractivity contribution in [1.29, 1.82) is 0 Å². The van der Waals surface area contributed by atoms with E-state index in [1.165, 1.54) is 0 Å². The molecule has 1 N–H and O–H groups in total. The number of benzene rings is 1. The van der Waals surface area contributed by atoms with E-state index in [-0.39, 0.29) is 11.9 Å². The second kappa shape index (κ2) is 6.37. The van der Waals surface area contributed by atoms with Crippen molar-refractivity contribution in [1.82, 2.24) is 10.3 Å². The smallest absolute Gasteiger partial charge is 0.252 e. The third kappa shape index (κ3) is 3.48. The predicted octanol–water partition coefficient (Wildman–Crippen LogP) is 4.78. The Labute approximate surface area is 139 Å². The van der Waals surface area contributed by atoms with E-state index in [1.54, 1.807) is 17.4 Å². The van der Waals surface area contributed by atoms with Crippen LogP contribution in [0.4, 0.5) is 0 Å². The van der Waals surface area contributed by atoms with E-state index in [4.69, 9.17) is 0 Å². The Morgan fingerprint density at radius 1 is 1.35 bits per heavy atom. The van der Waals surface area contributed by atoms with Gasteiger partial charge in [0, 0.05) is 13.8 Å². The molecule has 2 aromatic rings. The Bertz CT molecular complexity index is 655. The normalized spacial score (nSPS) is 12.2. The molecular formula is C14H14Br2N2OS. The molecule has 0 saturated carbocycles. The van der Waals surface area contributed by atoms with Gasteiger partial charge in [-0.1, -0.05) is 15.9 Å². The van der Waals surface area contributed by atoms with Crippen LogP contribution in [0.2, 0.25) is 0 Å². The monoisotopic (exact) mass is 416 g/mol. The molecule has 1 amide bonds. The Morgan fingerprint density at radius 3 is 2.65 bits per heavy atom. The molecule has 20 heavy (non-hydrogen) atoms. The van der Waals surface area contributed by atoms with Crippen molar-refractivity contribution < 1.29 is 4.79 Å². The molecular weight excluding hydrogens is 404 g/mol. The molecule has 3 nitrogen and oxygen atoms in total. The highest BCUT2D eigenvalue weighted by molar-refractivity contribution is 9.11. The van der Waals surface area contributed by atoms with Gasteiger partial charge in [0.05, 0.1) is 22.3 Å². The number of nitrogens with one attached hydrogen (secondary N) is 1. The van der Waals surface area contributed by atoms with Crippen molar-refractivity contribution in [2.24, 2.45) is 0 Å². The number of thiazole rings is 1. The summed E-state index contributed by atoms with van der Waals surface area (Å²) in [6.45, 7) is 5.92. The minimum atomic E-state index is -0.101. The van der Waals surface area contributed by atoms with Crippen LogP contribution in [0.1, 0.15) is 38.9 Å². The van der Waals surface area contributed by atoms with Crippen molar-refractivity contribution in [3.63, 3.8) is 0 Å². The summed E-state index contributed by atoms with van der Waals surface area (Å²) in [5.74, 6) is -0.101. The highest BCUT2D eigenvalue weighted by Gasteiger charge is 2.17. The van der Waals surface area contributed by atoms with Gasteiger partial charge in [0.15, 0.2) is 0 Å². The SMILES string of the molecule is Cc1nc(C)c(C(C)NC(=O)c2cc(Br)ccc2Br)s1. The van der Waals surface area contributed by atoms with Gasteiger partial charge in [0.2, 0.25) is 0 Å². The van der Waals surface area contributed by atoms with Crippen molar-refractivity contribution in [3.05, 3.63) is 48.3 Å². The molecule has 0 aliphatic heterocycles. The summed E-state index contributed by atoms with van der Waals surface area (Å²) < 4.78 is 1.66. The second-order valence-electron chi connectivity index (χ2n) is 4.50. The molecule has 106 valence electrons. The van der Waals surface area contributed by atoms with Crippen LogP contribution in [0.15, 0.2) is 27.1 Å². The zero-order valence-electron chi connectivity index (χ0n) is 11.3. The molecule has 0 aliphatic carbocycles. The zero-order chi connectivity index (χ0) is 14.9.